The number of para-hydroxylation sites is 2. The topological polar surface area (TPSA) is 61.9 Å². The fourth-order valence-corrected chi connectivity index (χ4v) is 4.30. The van der Waals surface area contributed by atoms with Gasteiger partial charge >= 0.3 is 6.18 Å². The Morgan fingerprint density at radius 1 is 0.971 bits per heavy atom. The highest BCUT2D eigenvalue weighted by Crippen LogP contribution is 2.34. The summed E-state index contributed by atoms with van der Waals surface area (Å²) in [6.07, 6.45) is -3.85. The number of carbonyl (C=O) groups excluding carboxylic acids is 2. The summed E-state index contributed by atoms with van der Waals surface area (Å²) in [7, 11) is 0. The van der Waals surface area contributed by atoms with Crippen molar-refractivity contribution in [2.45, 2.75) is 12.6 Å². The molecular formula is C24H28F3N3O3S. The average Bonchev–Trinajstić information content (AvgIpc) is 3.04. The third kappa shape index (κ3) is 8.25. The predicted molar refractivity (Wildman–Crippen MR) is 127 cm³/mol. The standard InChI is InChI=1S/C24H28F3N3O3S/c25-24(26,27)20-9-4-5-10-21(20)28-22(31)17-29-11-6-12-30(14-13-29)23(32)18-34-16-15-33-19-7-2-1-3-8-19/h1-5,7-10H,6,11-18H2,(H,28,31). The van der Waals surface area contributed by atoms with E-state index in [1.165, 1.54) is 30.0 Å². The van der Waals surface area contributed by atoms with E-state index in [4.69, 9.17) is 4.74 Å². The molecule has 0 bridgehead atoms. The van der Waals surface area contributed by atoms with E-state index in [1.54, 1.807) is 4.90 Å². The third-order valence-corrected chi connectivity index (χ3v) is 6.19. The number of nitrogens with one attached hydrogen (secondary N) is 1. The fraction of sp³-hybridized carbons (Fsp3) is 0.417. The number of benzene rings is 2. The molecule has 0 saturated carbocycles. The van der Waals surface area contributed by atoms with Gasteiger partial charge in [-0.3, -0.25) is 14.5 Å². The van der Waals surface area contributed by atoms with Gasteiger partial charge in [-0.15, -0.1) is 11.8 Å². The molecule has 3 rings (SSSR count). The average molecular weight is 496 g/mol. The van der Waals surface area contributed by atoms with E-state index in [9.17, 15) is 22.8 Å². The third-order valence-electron chi connectivity index (χ3n) is 5.28. The number of carbonyl (C=O) groups is 2. The van der Waals surface area contributed by atoms with Crippen LogP contribution in [0.15, 0.2) is 54.6 Å². The van der Waals surface area contributed by atoms with Gasteiger partial charge in [0.2, 0.25) is 11.8 Å². The number of anilines is 1. The minimum Gasteiger partial charge on any atom is -0.493 e. The predicted octanol–water partition coefficient (Wildman–Crippen LogP) is 3.99. The molecule has 1 aliphatic rings. The highest BCUT2D eigenvalue weighted by molar-refractivity contribution is 7.99. The summed E-state index contributed by atoms with van der Waals surface area (Å²) in [6, 6.07) is 14.4. The van der Waals surface area contributed by atoms with Crippen molar-refractivity contribution in [1.82, 2.24) is 9.80 Å². The van der Waals surface area contributed by atoms with Crippen LogP contribution in [0.1, 0.15) is 12.0 Å². The van der Waals surface area contributed by atoms with Crippen molar-refractivity contribution in [2.75, 3.05) is 56.2 Å². The number of rotatable bonds is 9. The maximum absolute atomic E-state index is 13.1. The van der Waals surface area contributed by atoms with Gasteiger partial charge in [-0.1, -0.05) is 30.3 Å². The first-order chi connectivity index (χ1) is 16.3. The first-order valence-electron chi connectivity index (χ1n) is 11.0. The van der Waals surface area contributed by atoms with Crippen LogP contribution in [0.2, 0.25) is 0 Å². The summed E-state index contributed by atoms with van der Waals surface area (Å²) in [5.74, 6) is 1.38. The van der Waals surface area contributed by atoms with Gasteiger partial charge < -0.3 is 15.0 Å². The monoisotopic (exact) mass is 495 g/mol. The Morgan fingerprint density at radius 3 is 2.47 bits per heavy atom. The highest BCUT2D eigenvalue weighted by Gasteiger charge is 2.33. The van der Waals surface area contributed by atoms with Crippen LogP contribution in [0.5, 0.6) is 5.75 Å². The number of nitrogens with zero attached hydrogens (tertiary/aromatic N) is 2. The lowest BCUT2D eigenvalue weighted by Crippen LogP contribution is -2.38. The Bertz CT molecular complexity index is 944. The van der Waals surface area contributed by atoms with Gasteiger partial charge in [-0.05, 0) is 30.7 Å². The van der Waals surface area contributed by atoms with Gasteiger partial charge in [0.25, 0.3) is 0 Å². The summed E-state index contributed by atoms with van der Waals surface area (Å²) in [5, 5.41) is 2.37. The van der Waals surface area contributed by atoms with Gasteiger partial charge in [-0.2, -0.15) is 13.2 Å². The summed E-state index contributed by atoms with van der Waals surface area (Å²) in [6.45, 7) is 2.64. The van der Waals surface area contributed by atoms with E-state index >= 15 is 0 Å². The first-order valence-corrected chi connectivity index (χ1v) is 12.2. The van der Waals surface area contributed by atoms with Crippen LogP contribution in [0.25, 0.3) is 0 Å². The molecule has 0 atom stereocenters. The lowest BCUT2D eigenvalue weighted by atomic mass is 10.1. The molecule has 2 aromatic rings. The van der Waals surface area contributed by atoms with E-state index in [1.807, 2.05) is 35.2 Å². The summed E-state index contributed by atoms with van der Waals surface area (Å²) in [5.41, 5.74) is -1.12. The molecule has 2 amide bonds. The van der Waals surface area contributed by atoms with Crippen molar-refractivity contribution in [1.29, 1.82) is 0 Å². The summed E-state index contributed by atoms with van der Waals surface area (Å²) < 4.78 is 45.0. The van der Waals surface area contributed by atoms with Crippen LogP contribution in [0.3, 0.4) is 0 Å². The zero-order valence-corrected chi connectivity index (χ0v) is 19.5. The summed E-state index contributed by atoms with van der Waals surface area (Å²) >= 11 is 1.51. The Labute approximate surface area is 201 Å². The molecule has 1 saturated heterocycles. The van der Waals surface area contributed by atoms with Crippen molar-refractivity contribution in [3.05, 3.63) is 60.2 Å². The largest absolute Gasteiger partial charge is 0.493 e. The molecule has 0 spiro atoms. The zero-order chi connectivity index (χ0) is 24.4. The fourth-order valence-electron chi connectivity index (χ4n) is 3.60. The van der Waals surface area contributed by atoms with Crippen LogP contribution >= 0.6 is 11.8 Å². The minimum atomic E-state index is -4.54. The molecule has 0 aliphatic carbocycles. The number of alkyl halides is 3. The minimum absolute atomic E-state index is 0.0280. The Morgan fingerprint density at radius 2 is 1.71 bits per heavy atom. The molecule has 6 nitrogen and oxygen atoms in total. The molecule has 10 heteroatoms. The normalized spacial score (nSPS) is 15.0. The Balaban J connectivity index is 1.38. The number of hydrogen-bond donors (Lipinski definition) is 1. The molecule has 2 aromatic carbocycles. The number of halogens is 3. The maximum atomic E-state index is 13.1. The smallest absolute Gasteiger partial charge is 0.418 e. The maximum Gasteiger partial charge on any atom is 0.418 e. The van der Waals surface area contributed by atoms with Crippen molar-refractivity contribution in [3.63, 3.8) is 0 Å². The number of thioether (sulfide) groups is 1. The summed E-state index contributed by atoms with van der Waals surface area (Å²) in [4.78, 5) is 28.6. The van der Waals surface area contributed by atoms with Crippen molar-refractivity contribution in [2.24, 2.45) is 0 Å². The molecule has 1 fully saturated rings. The van der Waals surface area contributed by atoms with E-state index < -0.39 is 17.6 Å². The zero-order valence-electron chi connectivity index (χ0n) is 18.7. The molecule has 0 unspecified atom stereocenters. The van der Waals surface area contributed by atoms with Gasteiger partial charge in [0, 0.05) is 31.9 Å². The van der Waals surface area contributed by atoms with Crippen LogP contribution in [-0.4, -0.2) is 72.5 Å². The molecule has 1 aliphatic heterocycles. The molecule has 1 heterocycles. The molecule has 184 valence electrons. The van der Waals surface area contributed by atoms with Crippen molar-refractivity contribution < 1.29 is 27.5 Å². The van der Waals surface area contributed by atoms with Crippen molar-refractivity contribution in [3.8, 4) is 5.75 Å². The first kappa shape index (κ1) is 25.9. The second kappa shape index (κ2) is 12.7. The Kier molecular flexibility index (Phi) is 9.64. The SMILES string of the molecule is O=C(CN1CCCN(C(=O)CSCCOc2ccccc2)CC1)Nc1ccccc1C(F)(F)F. The quantitative estimate of drug-likeness (QED) is 0.533. The highest BCUT2D eigenvalue weighted by atomic mass is 32.2. The van der Waals surface area contributed by atoms with Crippen LogP contribution < -0.4 is 10.1 Å². The Hall–Kier alpha value is -2.72. The van der Waals surface area contributed by atoms with Gasteiger partial charge in [-0.25, -0.2) is 0 Å². The van der Waals surface area contributed by atoms with Crippen LogP contribution in [-0.2, 0) is 15.8 Å². The van der Waals surface area contributed by atoms with E-state index in [-0.39, 0.29) is 18.1 Å². The van der Waals surface area contributed by atoms with Crippen molar-refractivity contribution >= 4 is 29.3 Å². The lowest BCUT2D eigenvalue weighted by molar-refractivity contribution is -0.137. The van der Waals surface area contributed by atoms with Gasteiger partial charge in [0.05, 0.1) is 30.2 Å². The molecule has 0 radical (unpaired) electrons. The van der Waals surface area contributed by atoms with E-state index in [2.05, 4.69) is 5.32 Å². The van der Waals surface area contributed by atoms with Gasteiger partial charge in [0.15, 0.2) is 0 Å². The second-order valence-electron chi connectivity index (χ2n) is 7.82. The number of hydrogen-bond acceptors (Lipinski definition) is 5. The van der Waals surface area contributed by atoms with Gasteiger partial charge in [0.1, 0.15) is 5.75 Å². The van der Waals surface area contributed by atoms with E-state index in [0.29, 0.717) is 50.7 Å². The number of amides is 2. The van der Waals surface area contributed by atoms with Crippen LogP contribution in [0, 0.1) is 0 Å². The molecule has 34 heavy (non-hydrogen) atoms. The van der Waals surface area contributed by atoms with Crippen LogP contribution in [0.4, 0.5) is 18.9 Å². The number of ether oxygens (including phenoxy) is 1. The molecular weight excluding hydrogens is 467 g/mol. The second-order valence-corrected chi connectivity index (χ2v) is 8.92. The molecule has 1 N–H and O–H groups in total. The molecule has 0 aromatic heterocycles. The van der Waals surface area contributed by atoms with E-state index in [0.717, 1.165) is 11.8 Å². The lowest BCUT2D eigenvalue weighted by Gasteiger charge is -2.22.